The van der Waals surface area contributed by atoms with E-state index in [4.69, 9.17) is 37.1 Å². The van der Waals surface area contributed by atoms with Gasteiger partial charge < -0.3 is 18.8 Å². The zero-order valence-electron chi connectivity index (χ0n) is 19.8. The van der Waals surface area contributed by atoms with Gasteiger partial charge in [0.05, 0.1) is 24.4 Å². The largest absolute Gasteiger partial charge is 0.467 e. The molecule has 1 aliphatic heterocycles. The molecule has 0 unspecified atom stereocenters. The Morgan fingerprint density at radius 2 is 1.81 bits per heavy atom. The minimum absolute atomic E-state index is 0.0356. The van der Waals surface area contributed by atoms with Gasteiger partial charge in [0, 0.05) is 18.1 Å². The Balaban J connectivity index is 1.62. The van der Waals surface area contributed by atoms with E-state index in [1.807, 2.05) is 19.9 Å². The quantitative estimate of drug-likeness (QED) is 0.343. The molecule has 8 nitrogen and oxygen atoms in total. The van der Waals surface area contributed by atoms with Gasteiger partial charge in [-0.1, -0.05) is 43.1 Å². The van der Waals surface area contributed by atoms with E-state index in [2.05, 4.69) is 0 Å². The van der Waals surface area contributed by atoms with Crippen LogP contribution in [0.1, 0.15) is 25.2 Å². The Kier molecular flexibility index (Phi) is 8.14. The first-order valence-corrected chi connectivity index (χ1v) is 13.5. The van der Waals surface area contributed by atoms with Crippen LogP contribution in [0.4, 0.5) is 0 Å². The third-order valence-corrected chi connectivity index (χ3v) is 8.01. The molecular formula is C25H26Cl2N2O6S. The summed E-state index contributed by atoms with van der Waals surface area (Å²) in [4.78, 5) is 15.0. The van der Waals surface area contributed by atoms with Crippen LogP contribution >= 0.6 is 23.2 Å². The summed E-state index contributed by atoms with van der Waals surface area (Å²) in [6, 6.07) is 13.1. The molecule has 192 valence electrons. The van der Waals surface area contributed by atoms with Crippen molar-refractivity contribution in [2.45, 2.75) is 31.8 Å². The van der Waals surface area contributed by atoms with Crippen molar-refractivity contribution in [3.05, 3.63) is 76.2 Å². The second kappa shape index (κ2) is 11.1. The Morgan fingerprint density at radius 1 is 1.03 bits per heavy atom. The number of hydrogen-bond donors (Lipinski definition) is 0. The van der Waals surface area contributed by atoms with E-state index in [0.29, 0.717) is 17.3 Å². The van der Waals surface area contributed by atoms with Crippen molar-refractivity contribution < 1.29 is 27.1 Å². The van der Waals surface area contributed by atoms with E-state index >= 15 is 0 Å². The minimum atomic E-state index is -4.11. The lowest BCUT2D eigenvalue weighted by atomic mass is 10.2. The highest BCUT2D eigenvalue weighted by molar-refractivity contribution is 7.89. The number of halogens is 2. The Morgan fingerprint density at radius 3 is 2.53 bits per heavy atom. The number of rotatable bonds is 10. The predicted molar refractivity (Wildman–Crippen MR) is 136 cm³/mol. The molecule has 36 heavy (non-hydrogen) atoms. The molecule has 1 aliphatic rings. The standard InChI is InChI=1S/C25H26Cl2N2O6S/c1-17(2)12-29(36(31,32)24-11-19(26)6-7-21(24)27)15-25(30)28(14-20-4-3-9-33-20)13-18-5-8-22-23(10-18)35-16-34-22/h3-11,17H,12-16H2,1-2H3. The van der Waals surface area contributed by atoms with Crippen LogP contribution in [0, 0.1) is 5.92 Å². The molecule has 11 heteroatoms. The van der Waals surface area contributed by atoms with Gasteiger partial charge in [0.25, 0.3) is 0 Å². The molecule has 0 atom stereocenters. The lowest BCUT2D eigenvalue weighted by Gasteiger charge is -2.28. The second-order valence-corrected chi connectivity index (χ2v) is 11.5. The normalized spacial score (nSPS) is 12.9. The van der Waals surface area contributed by atoms with E-state index in [9.17, 15) is 13.2 Å². The van der Waals surface area contributed by atoms with Gasteiger partial charge in [-0.3, -0.25) is 4.79 Å². The molecular weight excluding hydrogens is 527 g/mol. The van der Waals surface area contributed by atoms with Gasteiger partial charge in [-0.2, -0.15) is 4.31 Å². The van der Waals surface area contributed by atoms with Crippen LogP contribution in [-0.4, -0.2) is 43.4 Å². The molecule has 0 aliphatic carbocycles. The predicted octanol–water partition coefficient (Wildman–Crippen LogP) is 5.19. The van der Waals surface area contributed by atoms with Crippen LogP contribution in [-0.2, 0) is 27.9 Å². The van der Waals surface area contributed by atoms with E-state index < -0.39 is 15.9 Å². The average molecular weight is 553 g/mol. The summed E-state index contributed by atoms with van der Waals surface area (Å²) in [5.41, 5.74) is 0.801. The van der Waals surface area contributed by atoms with Crippen molar-refractivity contribution in [1.82, 2.24) is 9.21 Å². The number of ether oxygens (including phenoxy) is 2. The molecule has 0 saturated carbocycles. The van der Waals surface area contributed by atoms with Gasteiger partial charge in [-0.05, 0) is 53.9 Å². The lowest BCUT2D eigenvalue weighted by Crippen LogP contribution is -2.43. The summed E-state index contributed by atoms with van der Waals surface area (Å²) in [6.45, 7) is 4.00. The number of furan rings is 1. The van der Waals surface area contributed by atoms with E-state index in [0.717, 1.165) is 9.87 Å². The Bertz CT molecular complexity index is 1330. The number of benzene rings is 2. The highest BCUT2D eigenvalue weighted by Gasteiger charge is 2.31. The van der Waals surface area contributed by atoms with Crippen molar-refractivity contribution >= 4 is 39.1 Å². The van der Waals surface area contributed by atoms with Crippen molar-refractivity contribution in [3.63, 3.8) is 0 Å². The highest BCUT2D eigenvalue weighted by atomic mass is 35.5. The van der Waals surface area contributed by atoms with E-state index in [-0.39, 0.29) is 53.8 Å². The molecule has 0 fully saturated rings. The minimum Gasteiger partial charge on any atom is -0.467 e. The number of fused-ring (bicyclic) bond motifs is 1. The smallest absolute Gasteiger partial charge is 0.245 e. The maximum absolute atomic E-state index is 13.6. The summed E-state index contributed by atoms with van der Waals surface area (Å²) in [5.74, 6) is 1.36. The van der Waals surface area contributed by atoms with Gasteiger partial charge in [0.2, 0.25) is 22.7 Å². The van der Waals surface area contributed by atoms with Crippen LogP contribution in [0.3, 0.4) is 0 Å². The zero-order valence-corrected chi connectivity index (χ0v) is 22.1. The number of carbonyl (C=O) groups excluding carboxylic acids is 1. The molecule has 0 bridgehead atoms. The summed E-state index contributed by atoms with van der Waals surface area (Å²) in [6.07, 6.45) is 1.52. The fourth-order valence-corrected chi connectivity index (χ4v) is 6.09. The van der Waals surface area contributed by atoms with E-state index in [1.165, 1.54) is 24.5 Å². The fourth-order valence-electron chi connectivity index (χ4n) is 3.80. The van der Waals surface area contributed by atoms with Crippen molar-refractivity contribution in [3.8, 4) is 11.5 Å². The SMILES string of the molecule is CC(C)CN(CC(=O)N(Cc1ccc2c(c1)OCO2)Cc1ccco1)S(=O)(=O)c1cc(Cl)ccc1Cl. The number of sulfonamides is 1. The maximum Gasteiger partial charge on any atom is 0.245 e. The lowest BCUT2D eigenvalue weighted by molar-refractivity contribution is -0.133. The number of nitrogens with zero attached hydrogens (tertiary/aromatic N) is 2. The first-order valence-electron chi connectivity index (χ1n) is 11.3. The van der Waals surface area contributed by atoms with Gasteiger partial charge >= 0.3 is 0 Å². The summed E-state index contributed by atoms with van der Waals surface area (Å²) in [5, 5.41) is 0.268. The first-order chi connectivity index (χ1) is 17.1. The van der Waals surface area contributed by atoms with Crippen molar-refractivity contribution in [2.75, 3.05) is 19.9 Å². The number of amides is 1. The number of carbonyl (C=O) groups is 1. The van der Waals surface area contributed by atoms with Crippen LogP contribution in [0.15, 0.2) is 64.1 Å². The fraction of sp³-hybridized carbons (Fsp3) is 0.320. The topological polar surface area (TPSA) is 89.3 Å². The molecule has 4 rings (SSSR count). The van der Waals surface area contributed by atoms with Crippen LogP contribution < -0.4 is 9.47 Å². The molecule has 0 N–H and O–H groups in total. The molecule has 1 aromatic heterocycles. The van der Waals surface area contributed by atoms with Crippen LogP contribution in [0.2, 0.25) is 10.0 Å². The van der Waals surface area contributed by atoms with Gasteiger partial charge in [-0.25, -0.2) is 8.42 Å². The average Bonchev–Trinajstić information content (AvgIpc) is 3.51. The molecule has 0 spiro atoms. The van der Waals surface area contributed by atoms with E-state index in [1.54, 1.807) is 29.2 Å². The molecule has 3 aromatic rings. The maximum atomic E-state index is 13.6. The molecule has 0 saturated heterocycles. The zero-order chi connectivity index (χ0) is 25.9. The first kappa shape index (κ1) is 26.3. The summed E-state index contributed by atoms with van der Waals surface area (Å²) in [7, 11) is -4.11. The Labute approximate surface area is 220 Å². The van der Waals surface area contributed by atoms with Crippen LogP contribution in [0.5, 0.6) is 11.5 Å². The molecule has 0 radical (unpaired) electrons. The van der Waals surface area contributed by atoms with Crippen molar-refractivity contribution in [2.24, 2.45) is 5.92 Å². The molecule has 2 heterocycles. The number of hydrogen-bond acceptors (Lipinski definition) is 6. The third-order valence-electron chi connectivity index (χ3n) is 5.48. The monoisotopic (exact) mass is 552 g/mol. The van der Waals surface area contributed by atoms with Gasteiger partial charge in [0.15, 0.2) is 11.5 Å². The van der Waals surface area contributed by atoms with Crippen molar-refractivity contribution in [1.29, 1.82) is 0 Å². The highest BCUT2D eigenvalue weighted by Crippen LogP contribution is 2.33. The molecule has 2 aromatic carbocycles. The second-order valence-electron chi connectivity index (χ2n) is 8.78. The third kappa shape index (κ3) is 6.15. The summed E-state index contributed by atoms with van der Waals surface area (Å²) < 4.78 is 44.6. The van der Waals surface area contributed by atoms with Gasteiger partial charge in [0.1, 0.15) is 10.7 Å². The molecule has 1 amide bonds. The van der Waals surface area contributed by atoms with Crippen LogP contribution in [0.25, 0.3) is 0 Å². The van der Waals surface area contributed by atoms with Gasteiger partial charge in [-0.15, -0.1) is 0 Å². The Hall–Kier alpha value is -2.72. The summed E-state index contributed by atoms with van der Waals surface area (Å²) >= 11 is 12.3.